The van der Waals surface area contributed by atoms with Crippen LogP contribution in [0, 0.1) is 5.92 Å². The van der Waals surface area contributed by atoms with Gasteiger partial charge in [-0.05, 0) is 42.9 Å². The largest absolute Gasteiger partial charge is 0.508 e. The zero-order valence-electron chi connectivity index (χ0n) is 16.3. The molecule has 0 aliphatic heterocycles. The molecule has 0 saturated carbocycles. The van der Waals surface area contributed by atoms with Gasteiger partial charge in [0.15, 0.2) is 0 Å². The van der Waals surface area contributed by atoms with E-state index in [1.54, 1.807) is 12.1 Å². The summed E-state index contributed by atoms with van der Waals surface area (Å²) in [4.78, 5) is 11.9. The van der Waals surface area contributed by atoms with Crippen molar-refractivity contribution in [2.75, 3.05) is 0 Å². The van der Waals surface area contributed by atoms with E-state index >= 15 is 0 Å². The number of phenolic OH excluding ortho intramolecular Hbond substituents is 1. The molecule has 1 aromatic carbocycles. The highest BCUT2D eigenvalue weighted by molar-refractivity contribution is 5.80. The van der Waals surface area contributed by atoms with E-state index in [0.29, 0.717) is 18.8 Å². The molecule has 0 unspecified atom stereocenters. The Bertz CT molecular complexity index is 483. The highest BCUT2D eigenvalue weighted by Crippen LogP contribution is 2.22. The van der Waals surface area contributed by atoms with Crippen molar-refractivity contribution in [3.8, 4) is 5.75 Å². The molecule has 0 aliphatic rings. The molecule has 0 atom stereocenters. The third-order valence-corrected chi connectivity index (χ3v) is 3.95. The summed E-state index contributed by atoms with van der Waals surface area (Å²) in [5, 5.41) is 9.62. The number of benzene rings is 1. The fourth-order valence-corrected chi connectivity index (χ4v) is 2.87. The molecule has 0 fully saturated rings. The number of phenols is 1. The first-order valence-electron chi connectivity index (χ1n) is 9.58. The summed E-state index contributed by atoms with van der Waals surface area (Å²) >= 11 is 0. The number of allylic oxidation sites excluding steroid dienone is 2. The monoisotopic (exact) mass is 348 g/mol. The van der Waals surface area contributed by atoms with Gasteiger partial charge in [0, 0.05) is 12.8 Å². The molecule has 2 nitrogen and oxygen atoms in total. The van der Waals surface area contributed by atoms with Crippen LogP contribution in [0.3, 0.4) is 0 Å². The van der Waals surface area contributed by atoms with Crippen LogP contribution in [-0.2, 0) is 11.2 Å². The summed E-state index contributed by atoms with van der Waals surface area (Å²) in [6, 6.07) is 7.35. The molecule has 144 valence electrons. The standard InChI is InChI=1S/C20H30O2.C2H6.CH4/c1-4-8-16(9-5-2)12-18(15-19(21)6-3)13-17-10-7-11-20(22)14-17;1-2;/h7,10-12,14,16,22H,4-6,8-9,13,15H2,1-3H3;1-2H3;1H4/b18-12+;;. The van der Waals surface area contributed by atoms with E-state index in [1.807, 2.05) is 32.9 Å². The van der Waals surface area contributed by atoms with Gasteiger partial charge < -0.3 is 5.11 Å². The number of Topliss-reactive ketones (excluding diaryl/α,β-unsaturated/α-hetero) is 1. The lowest BCUT2D eigenvalue weighted by atomic mass is 9.91. The van der Waals surface area contributed by atoms with Crippen LogP contribution in [-0.4, -0.2) is 10.9 Å². The minimum absolute atomic E-state index is 0. The topological polar surface area (TPSA) is 37.3 Å². The van der Waals surface area contributed by atoms with Gasteiger partial charge in [0.25, 0.3) is 0 Å². The van der Waals surface area contributed by atoms with Gasteiger partial charge in [-0.1, -0.05) is 78.7 Å². The van der Waals surface area contributed by atoms with Gasteiger partial charge in [0.2, 0.25) is 0 Å². The van der Waals surface area contributed by atoms with E-state index in [1.165, 1.54) is 31.3 Å². The van der Waals surface area contributed by atoms with E-state index in [-0.39, 0.29) is 19.0 Å². The summed E-state index contributed by atoms with van der Waals surface area (Å²) in [7, 11) is 0. The molecule has 0 saturated heterocycles. The molecule has 2 heteroatoms. The number of carbonyl (C=O) groups is 1. The molecule has 0 amide bonds. The van der Waals surface area contributed by atoms with Gasteiger partial charge >= 0.3 is 0 Å². The zero-order chi connectivity index (χ0) is 18.4. The average molecular weight is 349 g/mol. The number of aromatic hydroxyl groups is 1. The number of rotatable bonds is 10. The summed E-state index contributed by atoms with van der Waals surface area (Å²) in [6.45, 7) is 10.3. The summed E-state index contributed by atoms with van der Waals surface area (Å²) in [5.41, 5.74) is 2.27. The van der Waals surface area contributed by atoms with Crippen molar-refractivity contribution in [3.63, 3.8) is 0 Å². The lowest BCUT2D eigenvalue weighted by Crippen LogP contribution is -2.04. The lowest BCUT2D eigenvalue weighted by molar-refractivity contribution is -0.118. The fraction of sp³-hybridized carbons (Fsp3) is 0.609. The van der Waals surface area contributed by atoms with Crippen LogP contribution < -0.4 is 0 Å². The molecule has 0 aromatic heterocycles. The van der Waals surface area contributed by atoms with Gasteiger partial charge in [0.1, 0.15) is 11.5 Å². The van der Waals surface area contributed by atoms with Gasteiger partial charge in [0.05, 0.1) is 0 Å². The van der Waals surface area contributed by atoms with Crippen molar-refractivity contribution in [3.05, 3.63) is 41.5 Å². The lowest BCUT2D eigenvalue weighted by Gasteiger charge is -2.14. The predicted octanol–water partition coefficient (Wildman–Crippen LogP) is 7.11. The number of carbonyl (C=O) groups excluding carboxylic acids is 1. The SMILES string of the molecule is C.CC.CCCC(/C=C(/CC(=O)CC)Cc1cccc(O)c1)CCC. The number of ketones is 1. The third-order valence-electron chi connectivity index (χ3n) is 3.95. The molecule has 1 aromatic rings. The van der Waals surface area contributed by atoms with Gasteiger partial charge in [-0.3, -0.25) is 4.79 Å². The van der Waals surface area contributed by atoms with Gasteiger partial charge in [-0.2, -0.15) is 0 Å². The predicted molar refractivity (Wildman–Crippen MR) is 111 cm³/mol. The summed E-state index contributed by atoms with van der Waals surface area (Å²) < 4.78 is 0. The third kappa shape index (κ3) is 11.6. The molecule has 0 aliphatic carbocycles. The smallest absolute Gasteiger partial charge is 0.136 e. The van der Waals surface area contributed by atoms with Crippen molar-refractivity contribution in [2.45, 2.75) is 87.0 Å². The molecule has 0 radical (unpaired) electrons. The Kier molecular flexibility index (Phi) is 16.4. The van der Waals surface area contributed by atoms with Crippen molar-refractivity contribution in [1.29, 1.82) is 0 Å². The molecule has 0 bridgehead atoms. The first-order chi connectivity index (χ1) is 11.6. The summed E-state index contributed by atoms with van der Waals surface area (Å²) in [5.74, 6) is 1.14. The maximum atomic E-state index is 11.9. The van der Waals surface area contributed by atoms with Crippen LogP contribution in [0.2, 0.25) is 0 Å². The zero-order valence-corrected chi connectivity index (χ0v) is 16.3. The van der Waals surface area contributed by atoms with Crippen molar-refractivity contribution < 1.29 is 9.90 Å². The minimum atomic E-state index is 0. The highest BCUT2D eigenvalue weighted by Gasteiger charge is 2.10. The van der Waals surface area contributed by atoms with Gasteiger partial charge in [-0.15, -0.1) is 0 Å². The first-order valence-corrected chi connectivity index (χ1v) is 9.58. The molecule has 0 spiro atoms. The van der Waals surface area contributed by atoms with E-state index in [4.69, 9.17) is 0 Å². The molecule has 0 heterocycles. The van der Waals surface area contributed by atoms with Crippen LogP contribution in [0.25, 0.3) is 0 Å². The Hall–Kier alpha value is -1.57. The van der Waals surface area contributed by atoms with Crippen LogP contribution >= 0.6 is 0 Å². The molecular formula is C23H40O2. The van der Waals surface area contributed by atoms with Crippen molar-refractivity contribution in [1.82, 2.24) is 0 Å². The Morgan fingerprint density at radius 1 is 1.12 bits per heavy atom. The van der Waals surface area contributed by atoms with Crippen LogP contribution in [0.4, 0.5) is 0 Å². The fourth-order valence-electron chi connectivity index (χ4n) is 2.87. The number of hydrogen-bond acceptors (Lipinski definition) is 2. The maximum Gasteiger partial charge on any atom is 0.136 e. The second kappa shape index (κ2) is 15.9. The van der Waals surface area contributed by atoms with Gasteiger partial charge in [-0.25, -0.2) is 0 Å². The van der Waals surface area contributed by atoms with E-state index in [2.05, 4.69) is 19.9 Å². The molecule has 1 rings (SSSR count). The minimum Gasteiger partial charge on any atom is -0.508 e. The Labute approximate surface area is 156 Å². The first kappa shape index (κ1) is 25.7. The Balaban J connectivity index is 0. The highest BCUT2D eigenvalue weighted by atomic mass is 16.3. The van der Waals surface area contributed by atoms with Crippen LogP contribution in [0.5, 0.6) is 5.75 Å². The van der Waals surface area contributed by atoms with Crippen LogP contribution in [0.15, 0.2) is 35.9 Å². The Morgan fingerprint density at radius 3 is 2.20 bits per heavy atom. The van der Waals surface area contributed by atoms with Crippen LogP contribution in [0.1, 0.15) is 86.1 Å². The maximum absolute atomic E-state index is 11.9. The van der Waals surface area contributed by atoms with Crippen molar-refractivity contribution >= 4 is 5.78 Å². The number of hydrogen-bond donors (Lipinski definition) is 1. The van der Waals surface area contributed by atoms with E-state index < -0.39 is 0 Å². The molecule has 25 heavy (non-hydrogen) atoms. The quantitative estimate of drug-likeness (QED) is 0.457. The Morgan fingerprint density at radius 2 is 1.72 bits per heavy atom. The van der Waals surface area contributed by atoms with Crippen molar-refractivity contribution in [2.24, 2.45) is 5.92 Å². The van der Waals surface area contributed by atoms with E-state index in [0.717, 1.165) is 12.0 Å². The van der Waals surface area contributed by atoms with E-state index in [9.17, 15) is 9.90 Å². The average Bonchev–Trinajstić information content (AvgIpc) is 2.57. The normalized spacial score (nSPS) is 10.7. The second-order valence-electron chi connectivity index (χ2n) is 6.08. The molecule has 1 N–H and O–H groups in total. The summed E-state index contributed by atoms with van der Waals surface area (Å²) in [6.07, 6.45) is 8.90. The molecular weight excluding hydrogens is 308 g/mol. The second-order valence-corrected chi connectivity index (χ2v) is 6.08.